The van der Waals surface area contributed by atoms with E-state index in [1.54, 1.807) is 0 Å². The monoisotopic (exact) mass is 1040 g/mol. The number of nitrogens with two attached hydrogens (primary N) is 3. The number of unbranched alkanes of at least 4 members (excludes halogenated alkanes) is 6. The van der Waals surface area contributed by atoms with Crippen LogP contribution in [0.1, 0.15) is 102 Å². The van der Waals surface area contributed by atoms with E-state index in [4.69, 9.17) is 21.4 Å². The zero-order chi connectivity index (χ0) is 54.4. The number of hydrogen-bond donors (Lipinski definition) is 7. The second kappa shape index (κ2) is 26.0. The van der Waals surface area contributed by atoms with Gasteiger partial charge >= 0.3 is 0 Å². The molecule has 1 heterocycles. The van der Waals surface area contributed by atoms with Crippen LogP contribution in [0.15, 0.2) is 174 Å². The molecule has 0 unspecified atom stereocenters. The maximum Gasteiger partial charge on any atom is 0.260 e. The van der Waals surface area contributed by atoms with Crippen molar-refractivity contribution >= 4 is 73.7 Å². The predicted octanol–water partition coefficient (Wildman–Crippen LogP) is 12.2. The van der Waals surface area contributed by atoms with Crippen LogP contribution in [0.25, 0.3) is 38.9 Å². The van der Waals surface area contributed by atoms with Crippen molar-refractivity contribution in [3.8, 4) is 16.8 Å². The van der Waals surface area contributed by atoms with Crippen LogP contribution in [0, 0.1) is 20.8 Å². The lowest BCUT2D eigenvalue weighted by Crippen LogP contribution is -2.71. The van der Waals surface area contributed by atoms with Gasteiger partial charge in [-0.25, -0.2) is 9.98 Å². The first-order valence-electron chi connectivity index (χ1n) is 27.6. The van der Waals surface area contributed by atoms with Gasteiger partial charge in [-0.3, -0.25) is 14.9 Å². The third kappa shape index (κ3) is 13.9. The summed E-state index contributed by atoms with van der Waals surface area (Å²) in [5.41, 5.74) is 33.2. The van der Waals surface area contributed by atoms with Crippen LogP contribution >= 0.6 is 0 Å². The summed E-state index contributed by atoms with van der Waals surface area (Å²) >= 11 is 0. The molecule has 1 aliphatic rings. The van der Waals surface area contributed by atoms with E-state index in [0.29, 0.717) is 29.9 Å². The lowest BCUT2D eigenvalue weighted by molar-refractivity contribution is -0.537. The Balaban J connectivity index is 0.640. The van der Waals surface area contributed by atoms with Crippen molar-refractivity contribution in [1.29, 1.82) is 0 Å². The molecular formula is C66H74N10O2+2. The number of benzene rings is 7. The summed E-state index contributed by atoms with van der Waals surface area (Å²) in [6, 6.07) is 48.4. The Labute approximate surface area is 459 Å². The second-order valence-electron chi connectivity index (χ2n) is 20.6. The van der Waals surface area contributed by atoms with Gasteiger partial charge < -0.3 is 32.7 Å². The summed E-state index contributed by atoms with van der Waals surface area (Å²) in [6.45, 7) is 11.3. The Hall–Kier alpha value is -8.61. The van der Waals surface area contributed by atoms with Crippen LogP contribution in [0.5, 0.6) is 0 Å². The van der Waals surface area contributed by atoms with Gasteiger partial charge in [0, 0.05) is 79.0 Å². The molecule has 2 amide bonds. The Kier molecular flexibility index (Phi) is 18.0. The molecule has 0 saturated carbocycles. The number of hydrogen-bond acceptors (Lipinski definition) is 8. The molecule has 12 heteroatoms. The summed E-state index contributed by atoms with van der Waals surface area (Å²) in [7, 11) is 0. The van der Waals surface area contributed by atoms with E-state index in [1.807, 2.05) is 104 Å². The SMILES string of the molecule is CC1=CC(=Nc2cc(C)cc(N)c2[NH2+]c2ccccc2)CC=C1NCCCCCCNC(=O)c1ccc(-c2ccc(C(=O)NCCCCCCNc3cc4c(cc3C)nc3cc(C)cc(N)c3[n+]4-c3ccccc3)cc2)cc1. The number of allylic oxidation sites excluding steroid dienone is 3. The standard InChI is InChI=1S/C66H72N10O2/c1-44-37-55(67)63(74-52-19-11-9-12-20-52)60(39-44)73-53-31-32-57(46(3)41-53)69-33-15-5-7-17-35-71-65(77)50-27-23-48(24-28-50)49-25-29-51(30-26-49)66(78)72-36-18-8-6-16-34-70-58-43-62-59(42-47(58)4)75-61-40-45(2)38-56(68)64(61)76(62)54-21-13-10-14-22-54/h9-14,19-30,32,37-43,69H,5-8,15-18,31,33-36,68H2,1-4H3,(H5,67,70,71,72,74,75,77,78)/p+2. The number of carbonyl (C=O) groups excluding carboxylic acids is 2. The number of aryl methyl sites for hydroxylation is 3. The summed E-state index contributed by atoms with van der Waals surface area (Å²) in [4.78, 5) is 36.1. The highest BCUT2D eigenvalue weighted by Gasteiger charge is 2.24. The molecule has 1 aromatic heterocycles. The lowest BCUT2D eigenvalue weighted by atomic mass is 10.0. The van der Waals surface area contributed by atoms with Gasteiger partial charge in [-0.2, -0.15) is 0 Å². The zero-order valence-electron chi connectivity index (χ0n) is 45.6. The van der Waals surface area contributed by atoms with Crippen LogP contribution in [-0.2, 0) is 0 Å². The van der Waals surface area contributed by atoms with Gasteiger partial charge in [0.25, 0.3) is 17.3 Å². The number of nitrogens with zero attached hydrogens (tertiary/aromatic N) is 3. The third-order valence-electron chi connectivity index (χ3n) is 14.4. The first-order valence-corrected chi connectivity index (χ1v) is 27.6. The fourth-order valence-corrected chi connectivity index (χ4v) is 10.2. The molecule has 0 aliphatic heterocycles. The minimum Gasteiger partial charge on any atom is -0.394 e. The number of para-hydroxylation sites is 2. The number of carbonyl (C=O) groups is 2. The molecule has 10 N–H and O–H groups in total. The highest BCUT2D eigenvalue weighted by Crippen LogP contribution is 2.32. The number of amides is 2. The van der Waals surface area contributed by atoms with Crippen LogP contribution in [-0.4, -0.2) is 48.7 Å². The van der Waals surface area contributed by atoms with Crippen molar-refractivity contribution in [2.24, 2.45) is 4.99 Å². The topological polar surface area (TPSA) is 180 Å². The Morgan fingerprint density at radius 3 is 1.78 bits per heavy atom. The molecule has 0 spiro atoms. The van der Waals surface area contributed by atoms with Crippen LogP contribution in [0.2, 0.25) is 0 Å². The molecule has 0 atom stereocenters. The fraction of sp³-hybridized carbons (Fsp3) is 0.258. The number of fused-ring (bicyclic) bond motifs is 2. The third-order valence-corrected chi connectivity index (χ3v) is 14.4. The average Bonchev–Trinajstić information content (AvgIpc) is 3.45. The van der Waals surface area contributed by atoms with Crippen LogP contribution in [0.3, 0.4) is 0 Å². The van der Waals surface area contributed by atoms with E-state index >= 15 is 0 Å². The lowest BCUT2D eigenvalue weighted by Gasteiger charge is -2.17. The maximum absolute atomic E-state index is 13.0. The first kappa shape index (κ1) is 54.2. The molecule has 12 nitrogen and oxygen atoms in total. The normalized spacial score (nSPS) is 12.8. The van der Waals surface area contributed by atoms with Crippen LogP contribution in [0.4, 0.5) is 34.1 Å². The highest BCUT2D eigenvalue weighted by atomic mass is 16.2. The Morgan fingerprint density at radius 2 is 1.17 bits per heavy atom. The molecule has 1 aliphatic carbocycles. The molecule has 78 heavy (non-hydrogen) atoms. The van der Waals surface area contributed by atoms with Crippen molar-refractivity contribution in [2.45, 2.75) is 85.5 Å². The van der Waals surface area contributed by atoms with Gasteiger partial charge in [0.2, 0.25) is 11.2 Å². The van der Waals surface area contributed by atoms with E-state index in [2.05, 4.69) is 113 Å². The van der Waals surface area contributed by atoms with Crippen molar-refractivity contribution in [3.05, 3.63) is 197 Å². The average molecular weight is 1040 g/mol. The molecule has 398 valence electrons. The van der Waals surface area contributed by atoms with Gasteiger partial charge in [-0.15, -0.1) is 4.57 Å². The van der Waals surface area contributed by atoms with Gasteiger partial charge in [0.15, 0.2) is 5.69 Å². The molecule has 0 radical (unpaired) electrons. The van der Waals surface area contributed by atoms with Gasteiger partial charge in [0.1, 0.15) is 28.1 Å². The van der Waals surface area contributed by atoms with E-state index in [9.17, 15) is 9.59 Å². The largest absolute Gasteiger partial charge is 0.394 e. The number of rotatable bonds is 23. The first-order chi connectivity index (χ1) is 38.0. The zero-order valence-corrected chi connectivity index (χ0v) is 45.6. The number of aliphatic imine (C=N–C) groups is 1. The summed E-state index contributed by atoms with van der Waals surface area (Å²) < 4.78 is 2.22. The van der Waals surface area contributed by atoms with Gasteiger partial charge in [-0.05, 0) is 160 Å². The number of nitrogens with one attached hydrogen (secondary N) is 4. The molecule has 0 fully saturated rings. The minimum atomic E-state index is -0.0747. The second-order valence-corrected chi connectivity index (χ2v) is 20.6. The molecule has 8 aromatic rings. The summed E-state index contributed by atoms with van der Waals surface area (Å²) in [5.74, 6) is -0.145. The Bertz CT molecular complexity index is 3500. The van der Waals surface area contributed by atoms with Gasteiger partial charge in [-0.1, -0.05) is 92.4 Å². The quantitative estimate of drug-likeness (QED) is 0.0144. The molecule has 7 aromatic carbocycles. The smallest absolute Gasteiger partial charge is 0.260 e. The molecule has 9 rings (SSSR count). The van der Waals surface area contributed by atoms with E-state index < -0.39 is 0 Å². The molecule has 0 saturated heterocycles. The number of nitrogen functional groups attached to an aromatic ring is 2. The van der Waals surface area contributed by atoms with Crippen molar-refractivity contribution < 1.29 is 19.5 Å². The van der Waals surface area contributed by atoms with E-state index in [1.165, 1.54) is 5.57 Å². The Morgan fingerprint density at radius 1 is 0.603 bits per heavy atom. The number of anilines is 3. The predicted molar refractivity (Wildman–Crippen MR) is 321 cm³/mol. The number of aromatic nitrogens is 2. The van der Waals surface area contributed by atoms with Gasteiger partial charge in [0.05, 0.1) is 5.69 Å². The highest BCUT2D eigenvalue weighted by molar-refractivity contribution is 6.01. The maximum atomic E-state index is 13.0. The van der Waals surface area contributed by atoms with Crippen molar-refractivity contribution in [3.63, 3.8) is 0 Å². The van der Waals surface area contributed by atoms with E-state index in [0.717, 1.165) is 166 Å². The van der Waals surface area contributed by atoms with E-state index in [-0.39, 0.29) is 11.8 Å². The summed E-state index contributed by atoms with van der Waals surface area (Å²) in [6.07, 6.45) is 13.2. The minimum absolute atomic E-state index is 0.0699. The van der Waals surface area contributed by atoms with Crippen molar-refractivity contribution in [2.75, 3.05) is 43.0 Å². The van der Waals surface area contributed by atoms with Crippen molar-refractivity contribution in [1.82, 2.24) is 20.9 Å². The number of quaternary nitrogens is 1. The fourth-order valence-electron chi connectivity index (χ4n) is 10.2. The van der Waals surface area contributed by atoms with Crippen LogP contribution < -0.4 is 42.6 Å². The molecular weight excluding hydrogens is 965 g/mol. The summed E-state index contributed by atoms with van der Waals surface area (Å²) in [5, 5.41) is 15.6. The molecule has 0 bridgehead atoms.